The number of hydrogen-bond donors (Lipinski definition) is 1. The molecule has 0 aromatic rings. The first kappa shape index (κ1) is 11.0. The van der Waals surface area contributed by atoms with Gasteiger partial charge in [0.15, 0.2) is 0 Å². The van der Waals surface area contributed by atoms with E-state index in [2.05, 4.69) is 13.8 Å². The summed E-state index contributed by atoms with van der Waals surface area (Å²) in [6.45, 7) is 4.34. The van der Waals surface area contributed by atoms with E-state index in [1.165, 1.54) is 44.9 Å². The van der Waals surface area contributed by atoms with Crippen LogP contribution in [0, 0.1) is 0 Å². The Hall–Kier alpha value is -0.0400. The molecule has 2 N–H and O–H groups in total. The van der Waals surface area contributed by atoms with Crippen molar-refractivity contribution in [2.45, 2.75) is 64.8 Å². The molecule has 1 unspecified atom stereocenters. The Balaban J connectivity index is 2.80. The third-order valence-electron chi connectivity index (χ3n) is 2.01. The van der Waals surface area contributed by atoms with E-state index in [0.717, 1.165) is 0 Å². The molecule has 1 atom stereocenters. The molecule has 0 aliphatic rings. The van der Waals surface area contributed by atoms with Crippen LogP contribution in [-0.4, -0.2) is 6.04 Å². The summed E-state index contributed by atoms with van der Waals surface area (Å²) in [5, 5.41) is 0. The van der Waals surface area contributed by atoms with Crippen LogP contribution in [0.3, 0.4) is 0 Å². The molecule has 68 valence electrons. The zero-order valence-electron chi connectivity index (χ0n) is 8.10. The van der Waals surface area contributed by atoms with Crippen molar-refractivity contribution in [2.75, 3.05) is 0 Å². The number of unbranched alkanes of at least 4 members (excludes halogenated alkanes) is 5. The fraction of sp³-hybridized carbons (Fsp3) is 1.00. The fourth-order valence-corrected chi connectivity index (χ4v) is 1.25. The Labute approximate surface area is 71.4 Å². The maximum absolute atomic E-state index is 5.63. The molecule has 1 nitrogen and oxygen atoms in total. The molecular formula is C10H23N. The lowest BCUT2D eigenvalue weighted by molar-refractivity contribution is 0.554. The quantitative estimate of drug-likeness (QED) is 0.565. The van der Waals surface area contributed by atoms with Crippen LogP contribution in [0.2, 0.25) is 0 Å². The minimum absolute atomic E-state index is 0.404. The van der Waals surface area contributed by atoms with Gasteiger partial charge in [0, 0.05) is 6.04 Å². The van der Waals surface area contributed by atoms with Crippen molar-refractivity contribution in [2.24, 2.45) is 5.73 Å². The summed E-state index contributed by atoms with van der Waals surface area (Å²) in [5.74, 6) is 0. The van der Waals surface area contributed by atoms with Crippen LogP contribution in [0.5, 0.6) is 0 Å². The number of rotatable bonds is 7. The van der Waals surface area contributed by atoms with Crippen molar-refractivity contribution in [1.82, 2.24) is 0 Å². The summed E-state index contributed by atoms with van der Waals surface area (Å²) in [5.41, 5.74) is 5.63. The normalized spacial score (nSPS) is 13.4. The molecule has 0 heterocycles. The maximum atomic E-state index is 5.63. The van der Waals surface area contributed by atoms with Gasteiger partial charge in [-0.25, -0.2) is 0 Å². The highest BCUT2D eigenvalue weighted by atomic mass is 14.6. The van der Waals surface area contributed by atoms with Gasteiger partial charge in [0.1, 0.15) is 0 Å². The fourth-order valence-electron chi connectivity index (χ4n) is 1.25. The topological polar surface area (TPSA) is 26.0 Å². The van der Waals surface area contributed by atoms with Gasteiger partial charge in [0.25, 0.3) is 0 Å². The zero-order valence-corrected chi connectivity index (χ0v) is 8.10. The third kappa shape index (κ3) is 9.96. The average molecular weight is 157 g/mol. The van der Waals surface area contributed by atoms with Crippen molar-refractivity contribution in [1.29, 1.82) is 0 Å². The first-order chi connectivity index (χ1) is 5.27. The molecule has 0 amide bonds. The Morgan fingerprint density at radius 3 is 2.09 bits per heavy atom. The highest BCUT2D eigenvalue weighted by Gasteiger charge is 1.93. The molecule has 0 aromatic carbocycles. The molecule has 0 aliphatic heterocycles. The van der Waals surface area contributed by atoms with Crippen molar-refractivity contribution in [3.63, 3.8) is 0 Å². The lowest BCUT2D eigenvalue weighted by atomic mass is 10.1. The van der Waals surface area contributed by atoms with Gasteiger partial charge < -0.3 is 5.73 Å². The van der Waals surface area contributed by atoms with E-state index in [9.17, 15) is 0 Å². The van der Waals surface area contributed by atoms with Gasteiger partial charge in [-0.3, -0.25) is 0 Å². The molecule has 0 radical (unpaired) electrons. The molecule has 11 heavy (non-hydrogen) atoms. The molecular weight excluding hydrogens is 134 g/mol. The van der Waals surface area contributed by atoms with E-state index < -0.39 is 0 Å². The lowest BCUT2D eigenvalue weighted by Gasteiger charge is -2.03. The Morgan fingerprint density at radius 1 is 1.00 bits per heavy atom. The van der Waals surface area contributed by atoms with Crippen molar-refractivity contribution >= 4 is 0 Å². The third-order valence-corrected chi connectivity index (χ3v) is 2.01. The molecule has 0 fully saturated rings. The van der Waals surface area contributed by atoms with Crippen LogP contribution in [0.1, 0.15) is 58.8 Å². The van der Waals surface area contributed by atoms with E-state index in [0.29, 0.717) is 6.04 Å². The van der Waals surface area contributed by atoms with Crippen LogP contribution >= 0.6 is 0 Å². The van der Waals surface area contributed by atoms with Crippen molar-refractivity contribution < 1.29 is 0 Å². The van der Waals surface area contributed by atoms with Crippen LogP contribution in [-0.2, 0) is 0 Å². The van der Waals surface area contributed by atoms with Crippen molar-refractivity contribution in [3.05, 3.63) is 0 Å². The predicted molar refractivity (Wildman–Crippen MR) is 51.6 cm³/mol. The van der Waals surface area contributed by atoms with Crippen LogP contribution in [0.15, 0.2) is 0 Å². The Kier molecular flexibility index (Phi) is 8.03. The highest BCUT2D eigenvalue weighted by Crippen LogP contribution is 2.07. The van der Waals surface area contributed by atoms with Gasteiger partial charge in [-0.2, -0.15) is 0 Å². The first-order valence-electron chi connectivity index (χ1n) is 5.03. The van der Waals surface area contributed by atoms with Gasteiger partial charge in [0.05, 0.1) is 0 Å². The smallest absolute Gasteiger partial charge is 0.00104 e. The molecule has 0 spiro atoms. The molecule has 0 aromatic heterocycles. The van der Waals surface area contributed by atoms with E-state index in [-0.39, 0.29) is 0 Å². The highest BCUT2D eigenvalue weighted by molar-refractivity contribution is 4.53. The van der Waals surface area contributed by atoms with E-state index in [1.807, 2.05) is 0 Å². The second-order valence-corrected chi connectivity index (χ2v) is 3.53. The summed E-state index contributed by atoms with van der Waals surface area (Å²) in [6.07, 6.45) is 9.45. The molecule has 0 saturated heterocycles. The van der Waals surface area contributed by atoms with Crippen LogP contribution in [0.25, 0.3) is 0 Å². The summed E-state index contributed by atoms with van der Waals surface area (Å²) < 4.78 is 0. The van der Waals surface area contributed by atoms with Crippen LogP contribution < -0.4 is 5.73 Å². The second-order valence-electron chi connectivity index (χ2n) is 3.53. The van der Waals surface area contributed by atoms with E-state index in [4.69, 9.17) is 5.73 Å². The first-order valence-corrected chi connectivity index (χ1v) is 5.03. The SMILES string of the molecule is CCCCCCCCC(C)N. The van der Waals surface area contributed by atoms with E-state index in [1.54, 1.807) is 0 Å². The largest absolute Gasteiger partial charge is 0.328 e. The summed E-state index contributed by atoms with van der Waals surface area (Å²) >= 11 is 0. The summed E-state index contributed by atoms with van der Waals surface area (Å²) in [7, 11) is 0. The summed E-state index contributed by atoms with van der Waals surface area (Å²) in [4.78, 5) is 0. The van der Waals surface area contributed by atoms with Crippen molar-refractivity contribution in [3.8, 4) is 0 Å². The zero-order chi connectivity index (χ0) is 8.53. The Morgan fingerprint density at radius 2 is 1.55 bits per heavy atom. The number of nitrogens with two attached hydrogens (primary N) is 1. The lowest BCUT2D eigenvalue weighted by Crippen LogP contribution is -2.13. The number of hydrogen-bond acceptors (Lipinski definition) is 1. The van der Waals surface area contributed by atoms with Gasteiger partial charge >= 0.3 is 0 Å². The van der Waals surface area contributed by atoms with E-state index >= 15 is 0 Å². The van der Waals surface area contributed by atoms with Gasteiger partial charge in [0.2, 0.25) is 0 Å². The molecule has 1 heteroatoms. The van der Waals surface area contributed by atoms with Gasteiger partial charge in [-0.05, 0) is 13.3 Å². The second kappa shape index (κ2) is 8.06. The van der Waals surface area contributed by atoms with Crippen LogP contribution in [0.4, 0.5) is 0 Å². The van der Waals surface area contributed by atoms with Gasteiger partial charge in [-0.15, -0.1) is 0 Å². The standard InChI is InChI=1S/C10H23N/c1-3-4-5-6-7-8-9-10(2)11/h10H,3-9,11H2,1-2H3. The molecule has 0 bridgehead atoms. The monoisotopic (exact) mass is 157 g/mol. The summed E-state index contributed by atoms with van der Waals surface area (Å²) in [6, 6.07) is 0.404. The molecule has 0 saturated carbocycles. The molecule has 0 aliphatic carbocycles. The van der Waals surface area contributed by atoms with Gasteiger partial charge in [-0.1, -0.05) is 45.4 Å². The Bertz CT molecular complexity index is 69.3. The minimum Gasteiger partial charge on any atom is -0.328 e. The predicted octanol–water partition coefficient (Wildman–Crippen LogP) is 3.08. The maximum Gasteiger partial charge on any atom is 0.00104 e. The molecule has 0 rings (SSSR count). The average Bonchev–Trinajstić information content (AvgIpc) is 1.96. The minimum atomic E-state index is 0.404.